The first-order valence-corrected chi connectivity index (χ1v) is 8.75. The third-order valence-corrected chi connectivity index (χ3v) is 5.19. The fourth-order valence-electron chi connectivity index (χ4n) is 1.99. The van der Waals surface area contributed by atoms with Crippen LogP contribution in [0.25, 0.3) is 0 Å². The minimum absolute atomic E-state index is 0.141. The van der Waals surface area contributed by atoms with Gasteiger partial charge in [0.15, 0.2) is 0 Å². The zero-order valence-electron chi connectivity index (χ0n) is 11.8. The molecule has 2 rings (SSSR count). The van der Waals surface area contributed by atoms with Gasteiger partial charge in [-0.1, -0.05) is 32.0 Å². The maximum atomic E-state index is 12.5. The molecular weight excluding hydrogens is 352 g/mol. The number of benzene rings is 2. The summed E-state index contributed by atoms with van der Waals surface area (Å²) in [5.41, 5.74) is 7.68. The highest BCUT2D eigenvalue weighted by atomic mass is 79.9. The molecule has 3 N–H and O–H groups in total. The topological polar surface area (TPSA) is 72.2 Å². The van der Waals surface area contributed by atoms with Crippen molar-refractivity contribution in [1.82, 2.24) is 0 Å². The summed E-state index contributed by atoms with van der Waals surface area (Å²) in [6, 6.07) is 11.9. The smallest absolute Gasteiger partial charge is 0.261 e. The standard InChI is InChI=1S/C15H17BrN2O2S/c1-10(2)12-5-3-4-6-15(12)18-21(19,20)11-7-8-13(16)14(17)9-11/h3-10,18H,17H2,1-2H3. The summed E-state index contributed by atoms with van der Waals surface area (Å²) in [6.07, 6.45) is 0. The lowest BCUT2D eigenvalue weighted by atomic mass is 10.0. The van der Waals surface area contributed by atoms with E-state index in [0.29, 0.717) is 15.8 Å². The average molecular weight is 369 g/mol. The molecule has 21 heavy (non-hydrogen) atoms. The second-order valence-electron chi connectivity index (χ2n) is 5.03. The number of nitrogens with two attached hydrogens (primary N) is 1. The van der Waals surface area contributed by atoms with E-state index in [0.717, 1.165) is 5.56 Å². The van der Waals surface area contributed by atoms with Gasteiger partial charge in [0.1, 0.15) is 0 Å². The molecule has 4 nitrogen and oxygen atoms in total. The molecule has 0 aliphatic rings. The SMILES string of the molecule is CC(C)c1ccccc1NS(=O)(=O)c1ccc(Br)c(N)c1. The lowest BCUT2D eigenvalue weighted by Gasteiger charge is -2.15. The molecule has 0 bridgehead atoms. The van der Waals surface area contributed by atoms with Crippen LogP contribution in [-0.4, -0.2) is 8.42 Å². The summed E-state index contributed by atoms with van der Waals surface area (Å²) < 4.78 is 28.2. The van der Waals surface area contributed by atoms with Crippen molar-refractivity contribution in [2.45, 2.75) is 24.7 Å². The van der Waals surface area contributed by atoms with E-state index >= 15 is 0 Å². The Morgan fingerprint density at radius 2 is 1.81 bits per heavy atom. The van der Waals surface area contributed by atoms with Crippen LogP contribution >= 0.6 is 15.9 Å². The van der Waals surface area contributed by atoms with Gasteiger partial charge in [-0.25, -0.2) is 8.42 Å². The molecule has 0 saturated heterocycles. The van der Waals surface area contributed by atoms with Gasteiger partial charge in [-0.3, -0.25) is 4.72 Å². The van der Waals surface area contributed by atoms with Crippen LogP contribution in [-0.2, 0) is 10.0 Å². The molecule has 0 unspecified atom stereocenters. The molecule has 0 saturated carbocycles. The Balaban J connectivity index is 2.40. The Kier molecular flexibility index (Phi) is 4.58. The fraction of sp³-hybridized carbons (Fsp3) is 0.200. The van der Waals surface area contributed by atoms with E-state index in [1.807, 2.05) is 26.0 Å². The molecule has 6 heteroatoms. The lowest BCUT2D eigenvalue weighted by Crippen LogP contribution is -2.14. The van der Waals surface area contributed by atoms with E-state index in [4.69, 9.17) is 5.73 Å². The van der Waals surface area contributed by atoms with Crippen LogP contribution in [0.1, 0.15) is 25.3 Å². The van der Waals surface area contributed by atoms with Crippen molar-refractivity contribution in [2.75, 3.05) is 10.5 Å². The highest BCUT2D eigenvalue weighted by Crippen LogP contribution is 2.28. The van der Waals surface area contributed by atoms with Crippen LogP contribution in [0.4, 0.5) is 11.4 Å². The Morgan fingerprint density at radius 3 is 2.43 bits per heavy atom. The van der Waals surface area contributed by atoms with Crippen molar-refractivity contribution in [2.24, 2.45) is 0 Å². The fourth-order valence-corrected chi connectivity index (χ4v) is 3.36. The van der Waals surface area contributed by atoms with E-state index in [9.17, 15) is 8.42 Å². The monoisotopic (exact) mass is 368 g/mol. The highest BCUT2D eigenvalue weighted by Gasteiger charge is 2.17. The van der Waals surface area contributed by atoms with Crippen LogP contribution in [0.2, 0.25) is 0 Å². The van der Waals surface area contributed by atoms with Gasteiger partial charge < -0.3 is 5.73 Å². The zero-order valence-corrected chi connectivity index (χ0v) is 14.2. The van der Waals surface area contributed by atoms with Crippen molar-refractivity contribution in [3.8, 4) is 0 Å². The molecule has 0 heterocycles. The van der Waals surface area contributed by atoms with Crippen molar-refractivity contribution in [3.05, 3.63) is 52.5 Å². The second kappa shape index (κ2) is 6.07. The van der Waals surface area contributed by atoms with E-state index in [1.165, 1.54) is 12.1 Å². The predicted octanol–water partition coefficient (Wildman–Crippen LogP) is 3.96. The summed E-state index contributed by atoms with van der Waals surface area (Å²) in [7, 11) is -3.66. The van der Waals surface area contributed by atoms with Gasteiger partial charge in [0.05, 0.1) is 10.6 Å². The lowest BCUT2D eigenvalue weighted by molar-refractivity contribution is 0.601. The minimum Gasteiger partial charge on any atom is -0.398 e. The minimum atomic E-state index is -3.66. The molecule has 0 spiro atoms. The number of para-hydroxylation sites is 1. The summed E-state index contributed by atoms with van der Waals surface area (Å²) in [5.74, 6) is 0.221. The number of nitrogen functional groups attached to an aromatic ring is 1. The van der Waals surface area contributed by atoms with E-state index < -0.39 is 10.0 Å². The third-order valence-electron chi connectivity index (χ3n) is 3.10. The van der Waals surface area contributed by atoms with Crippen LogP contribution in [0, 0.1) is 0 Å². The third kappa shape index (κ3) is 3.57. The molecule has 0 aliphatic carbocycles. The normalized spacial score (nSPS) is 11.6. The molecule has 2 aromatic rings. The molecule has 2 aromatic carbocycles. The highest BCUT2D eigenvalue weighted by molar-refractivity contribution is 9.10. The van der Waals surface area contributed by atoms with Crippen molar-refractivity contribution >= 4 is 37.3 Å². The summed E-state index contributed by atoms with van der Waals surface area (Å²) >= 11 is 3.25. The maximum Gasteiger partial charge on any atom is 0.261 e. The molecule has 0 aromatic heterocycles. The molecule has 0 aliphatic heterocycles. The number of nitrogens with one attached hydrogen (secondary N) is 1. The Morgan fingerprint density at radius 1 is 1.14 bits per heavy atom. The van der Waals surface area contributed by atoms with Crippen molar-refractivity contribution in [3.63, 3.8) is 0 Å². The number of sulfonamides is 1. The summed E-state index contributed by atoms with van der Waals surface area (Å²) in [4.78, 5) is 0.141. The first-order chi connectivity index (χ1) is 9.81. The van der Waals surface area contributed by atoms with Gasteiger partial charge in [-0.05, 0) is 51.7 Å². The van der Waals surface area contributed by atoms with Crippen LogP contribution in [0.5, 0.6) is 0 Å². The molecule has 0 amide bonds. The second-order valence-corrected chi connectivity index (χ2v) is 7.57. The Labute approximate surface area is 133 Å². The van der Waals surface area contributed by atoms with Crippen LogP contribution < -0.4 is 10.5 Å². The van der Waals surface area contributed by atoms with E-state index in [1.54, 1.807) is 18.2 Å². The van der Waals surface area contributed by atoms with Crippen molar-refractivity contribution < 1.29 is 8.42 Å². The van der Waals surface area contributed by atoms with Gasteiger partial charge in [-0.15, -0.1) is 0 Å². The molecular formula is C15H17BrN2O2S. The van der Waals surface area contributed by atoms with Gasteiger partial charge in [-0.2, -0.15) is 0 Å². The van der Waals surface area contributed by atoms with Crippen LogP contribution in [0.3, 0.4) is 0 Å². The average Bonchev–Trinajstić information content (AvgIpc) is 2.41. The Bertz CT molecular complexity index is 758. The van der Waals surface area contributed by atoms with Gasteiger partial charge in [0.25, 0.3) is 10.0 Å². The molecule has 0 atom stereocenters. The maximum absolute atomic E-state index is 12.5. The first kappa shape index (κ1) is 15.9. The molecule has 0 radical (unpaired) electrons. The molecule has 112 valence electrons. The first-order valence-electron chi connectivity index (χ1n) is 6.48. The number of rotatable bonds is 4. The number of hydrogen-bond acceptors (Lipinski definition) is 3. The summed E-state index contributed by atoms with van der Waals surface area (Å²) in [5, 5.41) is 0. The van der Waals surface area contributed by atoms with Gasteiger partial charge >= 0.3 is 0 Å². The van der Waals surface area contributed by atoms with E-state index in [-0.39, 0.29) is 10.8 Å². The number of hydrogen-bond donors (Lipinski definition) is 2. The van der Waals surface area contributed by atoms with Gasteiger partial charge in [0, 0.05) is 10.2 Å². The van der Waals surface area contributed by atoms with E-state index in [2.05, 4.69) is 20.7 Å². The van der Waals surface area contributed by atoms with Crippen LogP contribution in [0.15, 0.2) is 51.8 Å². The number of anilines is 2. The summed E-state index contributed by atoms with van der Waals surface area (Å²) in [6.45, 7) is 4.04. The molecule has 0 fully saturated rings. The Hall–Kier alpha value is -1.53. The predicted molar refractivity (Wildman–Crippen MR) is 89.9 cm³/mol. The number of halogens is 1. The zero-order chi connectivity index (χ0) is 15.6. The largest absolute Gasteiger partial charge is 0.398 e. The van der Waals surface area contributed by atoms with Gasteiger partial charge in [0.2, 0.25) is 0 Å². The quantitative estimate of drug-likeness (QED) is 0.802. The van der Waals surface area contributed by atoms with Crippen molar-refractivity contribution in [1.29, 1.82) is 0 Å².